The quantitative estimate of drug-likeness (QED) is 0.241. The summed E-state index contributed by atoms with van der Waals surface area (Å²) in [5.41, 5.74) is 18.3. The maximum atomic E-state index is 7.54. The Morgan fingerprint density at radius 1 is 0.839 bits per heavy atom. The van der Waals surface area contributed by atoms with Crippen LogP contribution < -0.4 is 0 Å². The van der Waals surface area contributed by atoms with Gasteiger partial charge in [0, 0.05) is 0 Å². The van der Waals surface area contributed by atoms with E-state index in [2.05, 4.69) is 70.2 Å². The third-order valence-corrected chi connectivity index (χ3v) is 5.70. The van der Waals surface area contributed by atoms with Crippen molar-refractivity contribution in [3.63, 3.8) is 0 Å². The molecule has 0 aliphatic heterocycles. The zero-order valence-electron chi connectivity index (χ0n) is 18.9. The normalized spacial score (nSPS) is 12.1. The van der Waals surface area contributed by atoms with Crippen LogP contribution >= 0.6 is 24.8 Å². The molecule has 1 aliphatic carbocycles. The fraction of sp³-hybridized carbons (Fsp3) is 0.222. The van der Waals surface area contributed by atoms with Crippen molar-refractivity contribution in [2.75, 3.05) is 0 Å². The average molecular weight is 488 g/mol. The van der Waals surface area contributed by atoms with E-state index in [0.29, 0.717) is 5.69 Å². The number of benzene rings is 3. The molecule has 0 aromatic heterocycles. The van der Waals surface area contributed by atoms with Gasteiger partial charge in [0.2, 0.25) is 0 Å². The first-order chi connectivity index (χ1) is 13.3. The molecule has 1 nitrogen and oxygen atoms in total. The molecule has 0 unspecified atom stereocenters. The van der Waals surface area contributed by atoms with Crippen molar-refractivity contribution < 1.29 is 21.7 Å². The van der Waals surface area contributed by atoms with Crippen LogP contribution in [-0.2, 0) is 21.7 Å². The molecule has 0 amide bonds. The first-order valence-corrected chi connectivity index (χ1v) is 9.80. The molecule has 0 saturated carbocycles. The Morgan fingerprint density at radius 3 is 1.97 bits per heavy atom. The first kappa shape index (κ1) is 29.4. The standard InChI is InChI=1S/C18H17.C9H12N.2ClH.Ti/c1-12-8-10-17(13(12)2)18-11-9-15-6-4-5-7-16(15)14(18)3;1-6-4-7(2)9(10)8(3)5-6;;;/h4-9,11H,3,10H2,1-2H3;4-5,10H,1-3H3;2*1H;/q2*-1;;;+2. The summed E-state index contributed by atoms with van der Waals surface area (Å²) in [5.74, 6) is 0. The van der Waals surface area contributed by atoms with E-state index in [1.165, 1.54) is 38.6 Å². The Kier molecular flexibility index (Phi) is 11.8. The molecule has 0 heterocycles. The molecule has 3 aromatic carbocycles. The largest absolute Gasteiger partial charge is 2.00 e. The monoisotopic (exact) mass is 487 g/mol. The van der Waals surface area contributed by atoms with Crippen molar-refractivity contribution in [3.05, 3.63) is 106 Å². The van der Waals surface area contributed by atoms with E-state index in [-0.39, 0.29) is 46.5 Å². The number of rotatable bonds is 1. The summed E-state index contributed by atoms with van der Waals surface area (Å²) < 4.78 is 0. The maximum absolute atomic E-state index is 7.54. The molecule has 162 valence electrons. The van der Waals surface area contributed by atoms with Crippen molar-refractivity contribution in [1.82, 2.24) is 0 Å². The van der Waals surface area contributed by atoms with Gasteiger partial charge in [0.1, 0.15) is 0 Å². The van der Waals surface area contributed by atoms with E-state index in [9.17, 15) is 0 Å². The summed E-state index contributed by atoms with van der Waals surface area (Å²) in [4.78, 5) is 0. The van der Waals surface area contributed by atoms with Crippen LogP contribution in [0.3, 0.4) is 0 Å². The molecule has 1 aliphatic rings. The van der Waals surface area contributed by atoms with Gasteiger partial charge < -0.3 is 5.73 Å². The van der Waals surface area contributed by atoms with E-state index in [1.807, 2.05) is 26.0 Å². The smallest absolute Gasteiger partial charge is 0.698 e. The molecular formula is C27H31Cl2NTi. The predicted molar refractivity (Wildman–Crippen MR) is 139 cm³/mol. The van der Waals surface area contributed by atoms with Gasteiger partial charge >= 0.3 is 21.7 Å². The molecule has 0 spiro atoms. The van der Waals surface area contributed by atoms with Crippen molar-refractivity contribution >= 4 is 46.8 Å². The van der Waals surface area contributed by atoms with Gasteiger partial charge in [0.15, 0.2) is 0 Å². The minimum Gasteiger partial charge on any atom is -0.698 e. The zero-order valence-corrected chi connectivity index (χ0v) is 22.1. The molecule has 31 heavy (non-hydrogen) atoms. The number of halogens is 2. The number of fused-ring (bicyclic) bond motifs is 1. The molecule has 0 bridgehead atoms. The van der Waals surface area contributed by atoms with Crippen LogP contribution in [0.2, 0.25) is 0 Å². The van der Waals surface area contributed by atoms with E-state index in [1.54, 1.807) is 0 Å². The summed E-state index contributed by atoms with van der Waals surface area (Å²) in [5, 5.41) is 2.53. The van der Waals surface area contributed by atoms with Crippen molar-refractivity contribution in [3.8, 4) is 0 Å². The summed E-state index contributed by atoms with van der Waals surface area (Å²) in [6.07, 6.45) is 3.35. The molecule has 0 radical (unpaired) electrons. The van der Waals surface area contributed by atoms with Crippen LogP contribution in [0.5, 0.6) is 0 Å². The van der Waals surface area contributed by atoms with Gasteiger partial charge in [-0.1, -0.05) is 81.3 Å². The second-order valence-corrected chi connectivity index (χ2v) is 7.78. The molecule has 0 saturated heterocycles. The number of hydrogen-bond donors (Lipinski definition) is 0. The number of nitrogens with one attached hydrogen (secondary N) is 1. The van der Waals surface area contributed by atoms with Gasteiger partial charge in [-0.2, -0.15) is 12.5 Å². The van der Waals surface area contributed by atoms with E-state index < -0.39 is 0 Å². The van der Waals surface area contributed by atoms with Gasteiger partial charge in [0.25, 0.3) is 0 Å². The van der Waals surface area contributed by atoms with Crippen LogP contribution in [0.1, 0.15) is 48.1 Å². The minimum atomic E-state index is 0. The number of aryl methyl sites for hydroxylation is 3. The molecule has 3 aromatic rings. The van der Waals surface area contributed by atoms with Crippen LogP contribution in [-0.4, -0.2) is 0 Å². The fourth-order valence-electron chi connectivity index (χ4n) is 3.91. The molecule has 0 atom stereocenters. The van der Waals surface area contributed by atoms with E-state index in [4.69, 9.17) is 5.73 Å². The van der Waals surface area contributed by atoms with Crippen LogP contribution in [0.4, 0.5) is 5.69 Å². The molecule has 0 fully saturated rings. The number of hydrogen-bond acceptors (Lipinski definition) is 0. The van der Waals surface area contributed by atoms with Crippen LogP contribution in [0.15, 0.2) is 65.8 Å². The topological polar surface area (TPSA) is 23.8 Å². The van der Waals surface area contributed by atoms with Crippen molar-refractivity contribution in [1.29, 1.82) is 0 Å². The minimum absolute atomic E-state index is 0. The van der Waals surface area contributed by atoms with Gasteiger partial charge in [-0.25, -0.2) is 0 Å². The van der Waals surface area contributed by atoms with Crippen LogP contribution in [0.25, 0.3) is 22.1 Å². The van der Waals surface area contributed by atoms with Crippen LogP contribution in [0, 0.1) is 27.7 Å². The van der Waals surface area contributed by atoms with E-state index in [0.717, 1.165) is 23.1 Å². The van der Waals surface area contributed by atoms with Crippen molar-refractivity contribution in [2.24, 2.45) is 0 Å². The molecule has 4 rings (SSSR count). The Labute approximate surface area is 214 Å². The first-order valence-electron chi connectivity index (χ1n) is 9.80. The Morgan fingerprint density at radius 2 is 1.42 bits per heavy atom. The maximum Gasteiger partial charge on any atom is 2.00 e. The fourth-order valence-corrected chi connectivity index (χ4v) is 3.91. The van der Waals surface area contributed by atoms with Gasteiger partial charge in [0.05, 0.1) is 0 Å². The summed E-state index contributed by atoms with van der Waals surface area (Å²) in [6, 6.07) is 17.0. The summed E-state index contributed by atoms with van der Waals surface area (Å²) in [7, 11) is 0. The third-order valence-electron chi connectivity index (χ3n) is 5.70. The second kappa shape index (κ2) is 12.4. The van der Waals surface area contributed by atoms with E-state index >= 15 is 0 Å². The Balaban J connectivity index is 0.000000604. The zero-order chi connectivity index (χ0) is 20.4. The Bertz CT molecular complexity index is 1090. The molecule has 4 heteroatoms. The van der Waals surface area contributed by atoms with Gasteiger partial charge in [-0.3, -0.25) is 0 Å². The predicted octanol–water partition coefficient (Wildman–Crippen LogP) is 9.28. The van der Waals surface area contributed by atoms with Gasteiger partial charge in [-0.05, 0) is 41.0 Å². The summed E-state index contributed by atoms with van der Waals surface area (Å²) >= 11 is 0. The molecular weight excluding hydrogens is 457 g/mol. The average Bonchev–Trinajstić information content (AvgIpc) is 3.00. The SMILES string of the molecule is Cc1cc(C)c([NH-])c(C)c1.Cl.Cl.[CH2-]c1c(C2=C(C)C(C)=CC2)ccc2ccccc12.[Ti+2]. The third kappa shape index (κ3) is 6.43. The number of allylic oxidation sites excluding steroid dienone is 4. The Hall–Kier alpha value is -1.64. The molecule has 1 N–H and O–H groups in total. The summed E-state index contributed by atoms with van der Waals surface area (Å²) in [6.45, 7) is 14.7. The van der Waals surface area contributed by atoms with Gasteiger partial charge in [-0.15, -0.1) is 53.6 Å². The van der Waals surface area contributed by atoms with Crippen molar-refractivity contribution in [2.45, 2.75) is 41.0 Å². The second-order valence-electron chi connectivity index (χ2n) is 7.78.